The molecule has 0 aliphatic heterocycles. The zero-order chi connectivity index (χ0) is 18.6. The van der Waals surface area contributed by atoms with Gasteiger partial charge in [0, 0.05) is 11.3 Å². The van der Waals surface area contributed by atoms with E-state index in [1.54, 1.807) is 19.2 Å². The summed E-state index contributed by atoms with van der Waals surface area (Å²) >= 11 is 0. The van der Waals surface area contributed by atoms with Crippen molar-refractivity contribution in [2.24, 2.45) is 0 Å². The van der Waals surface area contributed by atoms with Gasteiger partial charge in [0.2, 0.25) is 5.95 Å². The molecule has 1 aromatic heterocycles. The van der Waals surface area contributed by atoms with E-state index in [9.17, 15) is 4.79 Å². The van der Waals surface area contributed by atoms with Crippen LogP contribution in [0.1, 0.15) is 10.4 Å². The minimum absolute atomic E-state index is 0.176. The zero-order valence-corrected chi connectivity index (χ0v) is 14.7. The van der Waals surface area contributed by atoms with Gasteiger partial charge in [0.25, 0.3) is 5.91 Å². The first-order chi connectivity index (χ1) is 13.2. The molecule has 0 aliphatic carbocycles. The van der Waals surface area contributed by atoms with Gasteiger partial charge in [0.05, 0.1) is 23.8 Å². The van der Waals surface area contributed by atoms with Crippen molar-refractivity contribution in [3.63, 3.8) is 0 Å². The number of nitrogens with zero attached hydrogens (tertiary/aromatic N) is 1. The molecule has 27 heavy (non-hydrogen) atoms. The number of amides is 1. The molecule has 0 unspecified atom stereocenters. The number of ether oxygens (including phenoxy) is 1. The fourth-order valence-electron chi connectivity index (χ4n) is 2.81. The van der Waals surface area contributed by atoms with Crippen molar-refractivity contribution >= 4 is 34.3 Å². The Morgan fingerprint density at radius 2 is 1.78 bits per heavy atom. The van der Waals surface area contributed by atoms with Crippen LogP contribution in [-0.2, 0) is 0 Å². The zero-order valence-electron chi connectivity index (χ0n) is 14.7. The summed E-state index contributed by atoms with van der Waals surface area (Å²) in [6, 6.07) is 22.3. The molecule has 0 aliphatic rings. The third kappa shape index (κ3) is 3.59. The average molecular weight is 358 g/mol. The third-order valence-corrected chi connectivity index (χ3v) is 4.14. The minimum atomic E-state index is -0.176. The van der Waals surface area contributed by atoms with Crippen molar-refractivity contribution < 1.29 is 9.53 Å². The number of rotatable bonds is 5. The molecule has 1 amide bonds. The predicted octanol–water partition coefficient (Wildman–Crippen LogP) is 4.57. The molecular formula is C21H18N4O2. The Labute approximate surface area is 156 Å². The normalized spacial score (nSPS) is 10.6. The van der Waals surface area contributed by atoms with Crippen LogP contribution in [0, 0.1) is 0 Å². The number of aromatic nitrogens is 2. The molecule has 4 aromatic rings. The Morgan fingerprint density at radius 1 is 1.00 bits per heavy atom. The smallest absolute Gasteiger partial charge is 0.255 e. The summed E-state index contributed by atoms with van der Waals surface area (Å²) in [6.45, 7) is 0. The Balaban J connectivity index is 1.57. The average Bonchev–Trinajstić information content (AvgIpc) is 3.10. The van der Waals surface area contributed by atoms with E-state index < -0.39 is 0 Å². The molecule has 134 valence electrons. The molecule has 6 nitrogen and oxygen atoms in total. The van der Waals surface area contributed by atoms with Crippen LogP contribution < -0.4 is 15.4 Å². The van der Waals surface area contributed by atoms with E-state index in [0.29, 0.717) is 17.0 Å². The Hall–Kier alpha value is -3.80. The van der Waals surface area contributed by atoms with Crippen molar-refractivity contribution in [2.45, 2.75) is 0 Å². The highest BCUT2D eigenvalue weighted by Gasteiger charge is 2.10. The number of fused-ring (bicyclic) bond motifs is 1. The molecule has 1 heterocycles. The number of nitrogens with one attached hydrogen (secondary N) is 3. The first kappa shape index (κ1) is 16.7. The molecule has 4 rings (SSSR count). The third-order valence-electron chi connectivity index (χ3n) is 4.14. The summed E-state index contributed by atoms with van der Waals surface area (Å²) < 4.78 is 5.34. The van der Waals surface area contributed by atoms with E-state index in [1.165, 1.54) is 0 Å². The number of methoxy groups -OCH3 is 1. The minimum Gasteiger partial charge on any atom is -0.495 e. The van der Waals surface area contributed by atoms with Crippen LogP contribution in [0.3, 0.4) is 0 Å². The lowest BCUT2D eigenvalue weighted by molar-refractivity contribution is 0.102. The number of anilines is 3. The maximum atomic E-state index is 12.5. The highest BCUT2D eigenvalue weighted by molar-refractivity contribution is 6.06. The van der Waals surface area contributed by atoms with E-state index in [2.05, 4.69) is 20.6 Å². The Bertz CT molecular complexity index is 1090. The fourth-order valence-corrected chi connectivity index (χ4v) is 2.81. The number of hydrogen-bond acceptors (Lipinski definition) is 4. The number of benzene rings is 3. The second-order valence-electron chi connectivity index (χ2n) is 5.96. The van der Waals surface area contributed by atoms with Crippen molar-refractivity contribution in [1.82, 2.24) is 9.97 Å². The summed E-state index contributed by atoms with van der Waals surface area (Å²) in [7, 11) is 1.62. The number of hydrogen-bond donors (Lipinski definition) is 3. The first-order valence-corrected chi connectivity index (χ1v) is 8.49. The largest absolute Gasteiger partial charge is 0.495 e. The number of H-pyrrole nitrogens is 1. The number of para-hydroxylation sites is 3. The summed E-state index contributed by atoms with van der Waals surface area (Å²) in [5.41, 5.74) is 3.64. The van der Waals surface area contributed by atoms with Gasteiger partial charge in [-0.25, -0.2) is 4.98 Å². The van der Waals surface area contributed by atoms with E-state index in [-0.39, 0.29) is 5.91 Å². The van der Waals surface area contributed by atoms with Gasteiger partial charge in [-0.05, 0) is 42.5 Å². The van der Waals surface area contributed by atoms with Crippen LogP contribution in [0.15, 0.2) is 72.8 Å². The van der Waals surface area contributed by atoms with Gasteiger partial charge in [-0.3, -0.25) is 4.79 Å². The van der Waals surface area contributed by atoms with E-state index >= 15 is 0 Å². The van der Waals surface area contributed by atoms with Crippen molar-refractivity contribution in [3.05, 3.63) is 78.4 Å². The lowest BCUT2D eigenvalue weighted by Gasteiger charge is -2.07. The van der Waals surface area contributed by atoms with Gasteiger partial charge in [-0.2, -0.15) is 0 Å². The maximum Gasteiger partial charge on any atom is 0.255 e. The van der Waals surface area contributed by atoms with Gasteiger partial charge in [-0.15, -0.1) is 0 Å². The Morgan fingerprint density at radius 3 is 2.59 bits per heavy atom. The van der Waals surface area contributed by atoms with Crippen LogP contribution in [-0.4, -0.2) is 23.0 Å². The molecule has 3 aromatic carbocycles. The lowest BCUT2D eigenvalue weighted by Crippen LogP contribution is -2.11. The highest BCUT2D eigenvalue weighted by atomic mass is 16.5. The van der Waals surface area contributed by atoms with Gasteiger partial charge in [0.1, 0.15) is 5.75 Å². The SMILES string of the molecule is COc1ccccc1Nc1nc2cc(C(=O)Nc3ccccc3)ccc2[nH]1. The van der Waals surface area contributed by atoms with E-state index in [1.807, 2.05) is 60.7 Å². The van der Waals surface area contributed by atoms with Gasteiger partial charge < -0.3 is 20.4 Å². The number of carbonyl (C=O) groups is 1. The maximum absolute atomic E-state index is 12.5. The summed E-state index contributed by atoms with van der Waals surface area (Å²) in [4.78, 5) is 20.2. The van der Waals surface area contributed by atoms with Crippen LogP contribution in [0.5, 0.6) is 5.75 Å². The van der Waals surface area contributed by atoms with Crippen molar-refractivity contribution in [3.8, 4) is 5.75 Å². The molecule has 0 saturated heterocycles. The summed E-state index contributed by atoms with van der Waals surface area (Å²) in [5, 5.41) is 6.08. The van der Waals surface area contributed by atoms with E-state index in [0.717, 1.165) is 22.6 Å². The molecular weight excluding hydrogens is 340 g/mol. The van der Waals surface area contributed by atoms with E-state index in [4.69, 9.17) is 4.74 Å². The topological polar surface area (TPSA) is 79.0 Å². The molecule has 0 fully saturated rings. The predicted molar refractivity (Wildman–Crippen MR) is 107 cm³/mol. The van der Waals surface area contributed by atoms with Crippen LogP contribution in [0.25, 0.3) is 11.0 Å². The fraction of sp³-hybridized carbons (Fsp3) is 0.0476. The molecule has 0 spiro atoms. The van der Waals surface area contributed by atoms with Crippen LogP contribution in [0.4, 0.5) is 17.3 Å². The van der Waals surface area contributed by atoms with Crippen LogP contribution >= 0.6 is 0 Å². The van der Waals surface area contributed by atoms with Gasteiger partial charge in [-0.1, -0.05) is 30.3 Å². The van der Waals surface area contributed by atoms with Crippen molar-refractivity contribution in [2.75, 3.05) is 17.7 Å². The second-order valence-corrected chi connectivity index (χ2v) is 5.96. The molecule has 0 atom stereocenters. The highest BCUT2D eigenvalue weighted by Crippen LogP contribution is 2.27. The first-order valence-electron chi connectivity index (χ1n) is 8.49. The lowest BCUT2D eigenvalue weighted by atomic mass is 10.2. The summed E-state index contributed by atoms with van der Waals surface area (Å²) in [5.74, 6) is 1.13. The number of aromatic amines is 1. The standard InChI is InChI=1S/C21H18N4O2/c1-27-19-10-6-5-9-17(19)24-21-23-16-12-11-14(13-18(16)25-21)20(26)22-15-7-3-2-4-8-15/h2-13H,1H3,(H,22,26)(H2,23,24,25). The molecule has 0 saturated carbocycles. The monoisotopic (exact) mass is 358 g/mol. The molecule has 3 N–H and O–H groups in total. The van der Waals surface area contributed by atoms with Gasteiger partial charge >= 0.3 is 0 Å². The Kier molecular flexibility index (Phi) is 4.45. The number of imidazole rings is 1. The molecule has 0 bridgehead atoms. The second kappa shape index (κ2) is 7.21. The van der Waals surface area contributed by atoms with Crippen molar-refractivity contribution in [1.29, 1.82) is 0 Å². The molecule has 6 heteroatoms. The summed E-state index contributed by atoms with van der Waals surface area (Å²) in [6.07, 6.45) is 0. The van der Waals surface area contributed by atoms with Crippen LogP contribution in [0.2, 0.25) is 0 Å². The molecule has 0 radical (unpaired) electrons. The number of carbonyl (C=O) groups excluding carboxylic acids is 1. The quantitative estimate of drug-likeness (QED) is 0.488. The van der Waals surface area contributed by atoms with Gasteiger partial charge in [0.15, 0.2) is 0 Å².